The lowest BCUT2D eigenvalue weighted by Gasteiger charge is -1.41. The first-order chi connectivity index (χ1) is 2.43. The van der Waals surface area contributed by atoms with E-state index in [1.54, 1.807) is 7.05 Å². The van der Waals surface area contributed by atoms with Gasteiger partial charge in [0, 0.05) is 7.05 Å². The molecule has 1 aliphatic rings. The lowest BCUT2D eigenvalue weighted by Crippen LogP contribution is -1.57. The third-order valence-corrected chi connectivity index (χ3v) is 0.340. The van der Waals surface area contributed by atoms with Crippen LogP contribution in [0, 0.1) is 0 Å². The predicted molar refractivity (Wildman–Crippen MR) is 15.5 cm³/mol. The molecule has 3 nitrogen and oxygen atoms in total. The Morgan fingerprint density at radius 2 is 2.20 bits per heavy atom. The molecule has 0 amide bonds. The van der Waals surface area contributed by atoms with Gasteiger partial charge in [0.05, 0.1) is 0 Å². The monoisotopic (exact) mass is 73.0 g/mol. The molecule has 0 saturated carbocycles. The van der Waals surface area contributed by atoms with E-state index in [4.69, 9.17) is 0 Å². The van der Waals surface area contributed by atoms with Gasteiger partial charge < -0.3 is 0 Å². The Labute approximate surface area is 29.2 Å². The van der Waals surface area contributed by atoms with Gasteiger partial charge >= 0.3 is 6.08 Å². The SMILES string of the molecule is CN=C1OO1. The number of aliphatic imine (C=N–C) groups is 1. The first-order valence-electron chi connectivity index (χ1n) is 1.25. The minimum atomic E-state index is 0.380. The minimum Gasteiger partial charge on any atom is -0.218 e. The maximum Gasteiger partial charge on any atom is 0.471 e. The molecule has 28 valence electrons. The Bertz CT molecular complexity index is 62.0. The van der Waals surface area contributed by atoms with Gasteiger partial charge in [0.1, 0.15) is 0 Å². The van der Waals surface area contributed by atoms with Crippen LogP contribution in [-0.4, -0.2) is 13.1 Å². The quantitative estimate of drug-likeness (QED) is 0.297. The molecule has 3 heteroatoms. The molecule has 1 rings (SSSR count). The van der Waals surface area contributed by atoms with Crippen LogP contribution in [0.4, 0.5) is 0 Å². The highest BCUT2D eigenvalue weighted by molar-refractivity contribution is 5.73. The second kappa shape index (κ2) is 0.607. The van der Waals surface area contributed by atoms with Gasteiger partial charge in [-0.25, -0.2) is 14.8 Å². The van der Waals surface area contributed by atoms with Gasteiger partial charge in [-0.05, 0) is 0 Å². The van der Waals surface area contributed by atoms with Crippen LogP contribution >= 0.6 is 0 Å². The average molecular weight is 73.1 g/mol. The summed E-state index contributed by atoms with van der Waals surface area (Å²) in [7, 11) is 1.60. The fourth-order valence-electron chi connectivity index (χ4n) is 0.0932. The van der Waals surface area contributed by atoms with Crippen LogP contribution in [-0.2, 0) is 9.78 Å². The molecule has 5 heavy (non-hydrogen) atoms. The molecule has 0 bridgehead atoms. The normalized spacial score (nSPS) is 15.8. The van der Waals surface area contributed by atoms with Crippen molar-refractivity contribution < 1.29 is 9.78 Å². The highest BCUT2D eigenvalue weighted by Gasteiger charge is 2.17. The van der Waals surface area contributed by atoms with Crippen LogP contribution in [0.25, 0.3) is 0 Å². The zero-order valence-electron chi connectivity index (χ0n) is 2.76. The van der Waals surface area contributed by atoms with Gasteiger partial charge in [-0.15, -0.1) is 0 Å². The molecule has 0 unspecified atom stereocenters. The highest BCUT2D eigenvalue weighted by Crippen LogP contribution is 1.99. The van der Waals surface area contributed by atoms with Crippen LogP contribution < -0.4 is 0 Å². The summed E-state index contributed by atoms with van der Waals surface area (Å²) in [6, 6.07) is 0. The zero-order chi connectivity index (χ0) is 3.70. The van der Waals surface area contributed by atoms with Crippen molar-refractivity contribution in [3.8, 4) is 0 Å². The minimum absolute atomic E-state index is 0.380. The molecule has 1 aliphatic heterocycles. The highest BCUT2D eigenvalue weighted by atomic mass is 17.4. The molecular weight excluding hydrogens is 70.0 g/mol. The van der Waals surface area contributed by atoms with E-state index < -0.39 is 0 Å². The maximum atomic E-state index is 4.11. The fourth-order valence-corrected chi connectivity index (χ4v) is 0.0932. The topological polar surface area (TPSA) is 37.4 Å². The van der Waals surface area contributed by atoms with E-state index >= 15 is 0 Å². The Balaban J connectivity index is 2.46. The van der Waals surface area contributed by atoms with Gasteiger partial charge in [0.2, 0.25) is 0 Å². The summed E-state index contributed by atoms with van der Waals surface area (Å²) >= 11 is 0. The molecular formula is C2H3NO2. The van der Waals surface area contributed by atoms with Crippen molar-refractivity contribution in [2.45, 2.75) is 0 Å². The molecule has 0 aromatic heterocycles. The maximum absolute atomic E-state index is 4.11. The summed E-state index contributed by atoms with van der Waals surface area (Å²) in [4.78, 5) is 11.7. The van der Waals surface area contributed by atoms with E-state index in [1.165, 1.54) is 0 Å². The molecule has 1 heterocycles. The van der Waals surface area contributed by atoms with Gasteiger partial charge in [-0.2, -0.15) is 0 Å². The summed E-state index contributed by atoms with van der Waals surface area (Å²) in [6.07, 6.45) is 0.380. The largest absolute Gasteiger partial charge is 0.471 e. The fraction of sp³-hybridized carbons (Fsp3) is 0.500. The van der Waals surface area contributed by atoms with E-state index in [2.05, 4.69) is 14.8 Å². The molecule has 0 aromatic rings. The lowest BCUT2D eigenvalue weighted by atomic mass is 11.3. The van der Waals surface area contributed by atoms with E-state index in [0.29, 0.717) is 6.08 Å². The van der Waals surface area contributed by atoms with Crippen molar-refractivity contribution in [1.82, 2.24) is 0 Å². The molecule has 0 atom stereocenters. The zero-order valence-corrected chi connectivity index (χ0v) is 2.76. The Kier molecular flexibility index (Phi) is 0.304. The molecule has 0 aromatic carbocycles. The lowest BCUT2D eigenvalue weighted by molar-refractivity contribution is 0.0850. The van der Waals surface area contributed by atoms with Gasteiger partial charge in [-0.3, -0.25) is 0 Å². The smallest absolute Gasteiger partial charge is 0.218 e. The van der Waals surface area contributed by atoms with Crippen molar-refractivity contribution in [2.75, 3.05) is 7.05 Å². The van der Waals surface area contributed by atoms with Gasteiger partial charge in [-0.1, -0.05) is 0 Å². The van der Waals surface area contributed by atoms with Crippen molar-refractivity contribution >= 4 is 6.08 Å². The summed E-state index contributed by atoms with van der Waals surface area (Å²) in [5.41, 5.74) is 0. The number of rotatable bonds is 0. The van der Waals surface area contributed by atoms with Crippen LogP contribution in [0.2, 0.25) is 0 Å². The standard InChI is InChI=1S/C2H3NO2/c1-3-2-4-5-2/h1H3. The van der Waals surface area contributed by atoms with Crippen LogP contribution in [0.3, 0.4) is 0 Å². The molecule has 1 fully saturated rings. The number of nitrogens with zero attached hydrogens (tertiary/aromatic N) is 1. The molecule has 0 radical (unpaired) electrons. The Hall–Kier alpha value is -0.730. The summed E-state index contributed by atoms with van der Waals surface area (Å²) in [5, 5.41) is 0. The predicted octanol–water partition coefficient (Wildman–Crippen LogP) is -0.0660. The van der Waals surface area contributed by atoms with Crippen molar-refractivity contribution in [2.24, 2.45) is 4.99 Å². The van der Waals surface area contributed by atoms with E-state index in [0.717, 1.165) is 0 Å². The second-order valence-electron chi connectivity index (χ2n) is 0.656. The third-order valence-electron chi connectivity index (χ3n) is 0.340. The number of hydrogen-bond donors (Lipinski definition) is 0. The van der Waals surface area contributed by atoms with Gasteiger partial charge in [0.15, 0.2) is 0 Å². The van der Waals surface area contributed by atoms with Crippen molar-refractivity contribution in [3.63, 3.8) is 0 Å². The Morgan fingerprint density at radius 1 is 1.60 bits per heavy atom. The molecule has 0 N–H and O–H groups in total. The van der Waals surface area contributed by atoms with Gasteiger partial charge in [0.25, 0.3) is 0 Å². The summed E-state index contributed by atoms with van der Waals surface area (Å²) in [5.74, 6) is 0. The first kappa shape index (κ1) is 2.50. The average Bonchev–Trinajstić information content (AvgIpc) is 2.12. The Morgan fingerprint density at radius 3 is 2.20 bits per heavy atom. The van der Waals surface area contributed by atoms with E-state index in [1.807, 2.05) is 0 Å². The van der Waals surface area contributed by atoms with Crippen molar-refractivity contribution in [1.29, 1.82) is 0 Å². The van der Waals surface area contributed by atoms with Crippen LogP contribution in [0.5, 0.6) is 0 Å². The first-order valence-corrected chi connectivity index (χ1v) is 1.25. The molecule has 0 spiro atoms. The second-order valence-corrected chi connectivity index (χ2v) is 0.656. The van der Waals surface area contributed by atoms with Crippen LogP contribution in [0.15, 0.2) is 4.99 Å². The summed E-state index contributed by atoms with van der Waals surface area (Å²) < 4.78 is 0. The summed E-state index contributed by atoms with van der Waals surface area (Å²) in [6.45, 7) is 0. The molecule has 1 saturated heterocycles. The van der Waals surface area contributed by atoms with E-state index in [9.17, 15) is 0 Å². The number of hydrogen-bond acceptors (Lipinski definition) is 3. The van der Waals surface area contributed by atoms with E-state index in [-0.39, 0.29) is 0 Å². The third kappa shape index (κ3) is 0.289. The molecule has 0 aliphatic carbocycles. The van der Waals surface area contributed by atoms with Crippen LogP contribution in [0.1, 0.15) is 0 Å². The van der Waals surface area contributed by atoms with Crippen molar-refractivity contribution in [3.05, 3.63) is 0 Å².